The Balaban J connectivity index is 1.68. The van der Waals surface area contributed by atoms with Crippen molar-refractivity contribution < 1.29 is 4.74 Å². The van der Waals surface area contributed by atoms with Crippen LogP contribution in [0, 0.1) is 0 Å². The lowest BCUT2D eigenvalue weighted by Gasteiger charge is -2.28. The molecule has 0 bridgehead atoms. The van der Waals surface area contributed by atoms with E-state index in [4.69, 9.17) is 16.3 Å². The number of ether oxygens (including phenoxy) is 1. The summed E-state index contributed by atoms with van der Waals surface area (Å²) >= 11 is 8.22. The number of hydrogen-bond donors (Lipinski definition) is 1. The third-order valence-corrected chi connectivity index (χ3v) is 7.01. The number of aromatic nitrogens is 3. The van der Waals surface area contributed by atoms with Gasteiger partial charge in [-0.1, -0.05) is 44.5 Å². The molecule has 0 saturated carbocycles. The Bertz CT molecular complexity index is 1100. The quantitative estimate of drug-likeness (QED) is 0.371. The summed E-state index contributed by atoms with van der Waals surface area (Å²) in [5, 5.41) is 11.9. The third kappa shape index (κ3) is 5.53. The van der Waals surface area contributed by atoms with E-state index in [0.717, 1.165) is 60.4 Å². The molecule has 0 unspecified atom stereocenters. The van der Waals surface area contributed by atoms with Gasteiger partial charge >= 0.3 is 0 Å². The van der Waals surface area contributed by atoms with Crippen molar-refractivity contribution in [3.05, 3.63) is 58.9 Å². The lowest BCUT2D eigenvalue weighted by molar-refractivity contribution is 0.0693. The topological polar surface area (TPSA) is 55.2 Å². The van der Waals surface area contributed by atoms with Gasteiger partial charge in [0.15, 0.2) is 5.82 Å². The van der Waals surface area contributed by atoms with Crippen LogP contribution in [0.2, 0.25) is 5.02 Å². The minimum absolute atomic E-state index is 0.122. The van der Waals surface area contributed by atoms with E-state index in [1.807, 2.05) is 30.3 Å². The SMILES string of the molecule is CSCc1nnc(-c2cc(Cl)ccc2NN(C)c2ccc(C(C)(C)C)cc2)n1C1CCOCC1. The summed E-state index contributed by atoms with van der Waals surface area (Å²) < 4.78 is 7.92. The number of rotatable bonds is 7. The highest BCUT2D eigenvalue weighted by molar-refractivity contribution is 7.97. The Kier molecular flexibility index (Phi) is 7.75. The normalized spacial score (nSPS) is 14.9. The molecule has 1 aromatic heterocycles. The van der Waals surface area contributed by atoms with Gasteiger partial charge in [-0.05, 0) is 60.4 Å². The van der Waals surface area contributed by atoms with Gasteiger partial charge in [0.25, 0.3) is 0 Å². The van der Waals surface area contributed by atoms with Crippen molar-refractivity contribution in [2.24, 2.45) is 0 Å². The standard InChI is InChI=1S/C26H34ClN5OS/c1-26(2,3)18-6-9-20(10-7-18)31(4)30-23-11-8-19(27)16-22(23)25-29-28-24(17-34-5)32(25)21-12-14-33-15-13-21/h6-11,16,21,30H,12-15,17H2,1-5H3. The van der Waals surface area contributed by atoms with Gasteiger partial charge < -0.3 is 9.30 Å². The molecule has 1 N–H and O–H groups in total. The minimum atomic E-state index is 0.122. The van der Waals surface area contributed by atoms with E-state index in [0.29, 0.717) is 11.1 Å². The third-order valence-electron chi connectivity index (χ3n) is 6.23. The average molecular weight is 500 g/mol. The van der Waals surface area contributed by atoms with Crippen LogP contribution in [-0.4, -0.2) is 41.3 Å². The molecule has 0 aliphatic carbocycles. The first kappa shape index (κ1) is 24.9. The Morgan fingerprint density at radius 2 is 1.82 bits per heavy atom. The van der Waals surface area contributed by atoms with Crippen molar-refractivity contribution >= 4 is 34.7 Å². The van der Waals surface area contributed by atoms with Crippen LogP contribution in [0.1, 0.15) is 51.0 Å². The van der Waals surface area contributed by atoms with Crippen molar-refractivity contribution in [2.75, 3.05) is 37.0 Å². The van der Waals surface area contributed by atoms with E-state index in [-0.39, 0.29) is 5.41 Å². The number of anilines is 2. The number of nitrogens with zero attached hydrogens (tertiary/aromatic N) is 4. The first-order valence-corrected chi connectivity index (χ1v) is 13.5. The number of halogens is 1. The zero-order valence-electron chi connectivity index (χ0n) is 20.6. The predicted octanol–water partition coefficient (Wildman–Crippen LogP) is 6.57. The van der Waals surface area contributed by atoms with Crippen molar-refractivity contribution in [3.63, 3.8) is 0 Å². The largest absolute Gasteiger partial charge is 0.381 e. The highest BCUT2D eigenvalue weighted by Crippen LogP contribution is 2.35. The van der Waals surface area contributed by atoms with Crippen molar-refractivity contribution in [1.82, 2.24) is 14.8 Å². The summed E-state index contributed by atoms with van der Waals surface area (Å²) in [5.41, 5.74) is 7.92. The van der Waals surface area contributed by atoms with Crippen molar-refractivity contribution in [1.29, 1.82) is 0 Å². The van der Waals surface area contributed by atoms with E-state index in [9.17, 15) is 0 Å². The second-order valence-corrected chi connectivity index (χ2v) is 11.0. The van der Waals surface area contributed by atoms with Gasteiger partial charge in [0.05, 0.1) is 17.1 Å². The molecular formula is C26H34ClN5OS. The molecule has 2 aromatic carbocycles. The van der Waals surface area contributed by atoms with E-state index in [1.54, 1.807) is 11.8 Å². The van der Waals surface area contributed by atoms with Gasteiger partial charge in [0.1, 0.15) is 5.82 Å². The van der Waals surface area contributed by atoms with Crippen LogP contribution in [0.5, 0.6) is 0 Å². The zero-order chi connectivity index (χ0) is 24.3. The fourth-order valence-corrected chi connectivity index (χ4v) is 4.92. The van der Waals surface area contributed by atoms with Gasteiger partial charge in [-0.2, -0.15) is 11.8 Å². The lowest BCUT2D eigenvalue weighted by Crippen LogP contribution is -2.26. The molecule has 182 valence electrons. The number of thioether (sulfide) groups is 1. The number of hydrogen-bond acceptors (Lipinski definition) is 6. The molecule has 0 spiro atoms. The Morgan fingerprint density at radius 3 is 2.47 bits per heavy atom. The van der Waals surface area contributed by atoms with Crippen LogP contribution >= 0.6 is 23.4 Å². The van der Waals surface area contributed by atoms with E-state index >= 15 is 0 Å². The highest BCUT2D eigenvalue weighted by Gasteiger charge is 2.25. The molecule has 6 nitrogen and oxygen atoms in total. The summed E-state index contributed by atoms with van der Waals surface area (Å²) in [6.45, 7) is 8.20. The first-order valence-electron chi connectivity index (χ1n) is 11.7. The maximum atomic E-state index is 6.46. The Hall–Kier alpha value is -2.22. The molecule has 3 aromatic rings. The Morgan fingerprint density at radius 1 is 1.12 bits per heavy atom. The van der Waals surface area contributed by atoms with E-state index in [2.05, 4.69) is 71.5 Å². The Labute approximate surface area is 212 Å². The molecule has 1 fully saturated rings. The molecular weight excluding hydrogens is 466 g/mol. The molecule has 0 atom stereocenters. The first-order chi connectivity index (χ1) is 16.3. The number of benzene rings is 2. The predicted molar refractivity (Wildman–Crippen MR) is 144 cm³/mol. The van der Waals surface area contributed by atoms with Crippen LogP contribution < -0.4 is 10.4 Å². The van der Waals surface area contributed by atoms with E-state index in [1.165, 1.54) is 5.56 Å². The molecule has 1 saturated heterocycles. The minimum Gasteiger partial charge on any atom is -0.381 e. The lowest BCUT2D eigenvalue weighted by atomic mass is 9.87. The second-order valence-electron chi connectivity index (χ2n) is 9.74. The van der Waals surface area contributed by atoms with Crippen LogP contribution in [0.15, 0.2) is 42.5 Å². The number of hydrazine groups is 1. The summed E-state index contributed by atoms with van der Waals surface area (Å²) in [6, 6.07) is 14.9. The summed E-state index contributed by atoms with van der Waals surface area (Å²) in [4.78, 5) is 0. The molecule has 1 aliphatic heterocycles. The fraction of sp³-hybridized carbons (Fsp3) is 0.462. The molecule has 1 aliphatic rings. The molecule has 2 heterocycles. The summed E-state index contributed by atoms with van der Waals surface area (Å²) in [5.74, 6) is 2.65. The van der Waals surface area contributed by atoms with Crippen LogP contribution in [0.3, 0.4) is 0 Å². The average Bonchev–Trinajstić information content (AvgIpc) is 3.24. The molecule has 34 heavy (non-hydrogen) atoms. The maximum Gasteiger partial charge on any atom is 0.166 e. The smallest absolute Gasteiger partial charge is 0.166 e. The van der Waals surface area contributed by atoms with Crippen LogP contribution in [0.4, 0.5) is 11.4 Å². The zero-order valence-corrected chi connectivity index (χ0v) is 22.2. The summed E-state index contributed by atoms with van der Waals surface area (Å²) in [7, 11) is 2.02. The molecule has 8 heteroatoms. The fourth-order valence-electron chi connectivity index (χ4n) is 4.29. The maximum absolute atomic E-state index is 6.46. The van der Waals surface area contributed by atoms with Gasteiger partial charge in [-0.15, -0.1) is 10.2 Å². The number of nitrogens with one attached hydrogen (secondary N) is 1. The van der Waals surface area contributed by atoms with Crippen LogP contribution in [0.25, 0.3) is 11.4 Å². The van der Waals surface area contributed by atoms with Gasteiger partial charge in [0, 0.05) is 36.9 Å². The summed E-state index contributed by atoms with van der Waals surface area (Å²) in [6.07, 6.45) is 4.00. The van der Waals surface area contributed by atoms with Crippen LogP contribution in [-0.2, 0) is 15.9 Å². The van der Waals surface area contributed by atoms with Crippen molar-refractivity contribution in [2.45, 2.75) is 50.8 Å². The molecule has 4 rings (SSSR count). The van der Waals surface area contributed by atoms with Gasteiger partial charge in [-0.3, -0.25) is 10.4 Å². The highest BCUT2D eigenvalue weighted by atomic mass is 35.5. The van der Waals surface area contributed by atoms with Gasteiger partial charge in [-0.25, -0.2) is 0 Å². The monoisotopic (exact) mass is 499 g/mol. The second kappa shape index (κ2) is 10.6. The molecule has 0 amide bonds. The van der Waals surface area contributed by atoms with Gasteiger partial charge in [0.2, 0.25) is 0 Å². The molecule has 0 radical (unpaired) electrons. The van der Waals surface area contributed by atoms with Crippen molar-refractivity contribution in [3.8, 4) is 11.4 Å². The van der Waals surface area contributed by atoms with E-state index < -0.39 is 0 Å².